The minimum Gasteiger partial charge on any atom is -0.476 e. The Labute approximate surface area is 129 Å². The van der Waals surface area contributed by atoms with Crippen LogP contribution in [0.3, 0.4) is 0 Å². The first-order valence-corrected chi connectivity index (χ1v) is 7.15. The molecular formula is C15H10N2O4S. The number of aromatic nitrogens is 1. The average molecular weight is 314 g/mol. The molecule has 6 nitrogen and oxygen atoms in total. The number of hydrogen-bond donors (Lipinski definition) is 2. The molecule has 0 unspecified atom stereocenters. The van der Waals surface area contributed by atoms with Gasteiger partial charge in [0, 0.05) is 16.6 Å². The summed E-state index contributed by atoms with van der Waals surface area (Å²) in [6, 6.07) is 10.2. The Hall–Kier alpha value is -2.93. The van der Waals surface area contributed by atoms with Crippen LogP contribution in [0.25, 0.3) is 10.6 Å². The van der Waals surface area contributed by atoms with Crippen molar-refractivity contribution in [2.24, 2.45) is 0 Å². The molecule has 0 spiro atoms. The molecule has 0 atom stereocenters. The molecule has 2 aromatic heterocycles. The lowest BCUT2D eigenvalue weighted by molar-refractivity contribution is 0.0691. The highest BCUT2D eigenvalue weighted by Gasteiger charge is 2.11. The van der Waals surface area contributed by atoms with Gasteiger partial charge in [0.05, 0.1) is 6.26 Å². The third-order valence-electron chi connectivity index (χ3n) is 2.86. The SMILES string of the molecule is O=C(O)c1csc(-c2ccc(NC(=O)c3ccco3)cc2)n1. The summed E-state index contributed by atoms with van der Waals surface area (Å²) >= 11 is 1.25. The van der Waals surface area contributed by atoms with E-state index in [1.807, 2.05) is 0 Å². The highest BCUT2D eigenvalue weighted by Crippen LogP contribution is 2.25. The van der Waals surface area contributed by atoms with Gasteiger partial charge in [-0.05, 0) is 36.4 Å². The first-order chi connectivity index (χ1) is 10.6. The molecule has 0 aliphatic carbocycles. The molecule has 0 bridgehead atoms. The number of carbonyl (C=O) groups excluding carboxylic acids is 1. The zero-order valence-corrected chi connectivity index (χ0v) is 12.0. The Morgan fingerprint density at radius 2 is 1.95 bits per heavy atom. The number of carboxylic acid groups (broad SMARTS) is 1. The van der Waals surface area contributed by atoms with Gasteiger partial charge in [-0.25, -0.2) is 9.78 Å². The predicted octanol–water partition coefficient (Wildman–Crippen LogP) is 3.35. The minimum absolute atomic E-state index is 0.0233. The van der Waals surface area contributed by atoms with E-state index in [0.29, 0.717) is 10.7 Å². The summed E-state index contributed by atoms with van der Waals surface area (Å²) in [6.07, 6.45) is 1.43. The number of nitrogens with zero attached hydrogens (tertiary/aromatic N) is 1. The topological polar surface area (TPSA) is 92.4 Å². The summed E-state index contributed by atoms with van der Waals surface area (Å²) in [5.41, 5.74) is 1.42. The lowest BCUT2D eigenvalue weighted by Crippen LogP contribution is -2.10. The van der Waals surface area contributed by atoms with Crippen LogP contribution in [0.2, 0.25) is 0 Å². The van der Waals surface area contributed by atoms with Crippen molar-refractivity contribution in [3.63, 3.8) is 0 Å². The molecule has 0 radical (unpaired) electrons. The van der Waals surface area contributed by atoms with Crippen molar-refractivity contribution < 1.29 is 19.1 Å². The Bertz CT molecular complexity index is 806. The van der Waals surface area contributed by atoms with Crippen LogP contribution in [0.5, 0.6) is 0 Å². The fourth-order valence-electron chi connectivity index (χ4n) is 1.80. The van der Waals surface area contributed by atoms with Gasteiger partial charge in [0.15, 0.2) is 11.5 Å². The van der Waals surface area contributed by atoms with Crippen LogP contribution in [-0.4, -0.2) is 22.0 Å². The number of thiazole rings is 1. The van der Waals surface area contributed by atoms with Crippen molar-refractivity contribution in [2.45, 2.75) is 0 Å². The normalized spacial score (nSPS) is 10.4. The zero-order valence-electron chi connectivity index (χ0n) is 11.1. The molecule has 3 rings (SSSR count). The number of carbonyl (C=O) groups is 2. The van der Waals surface area contributed by atoms with E-state index >= 15 is 0 Å². The fraction of sp³-hybridized carbons (Fsp3) is 0. The first-order valence-electron chi connectivity index (χ1n) is 6.27. The highest BCUT2D eigenvalue weighted by molar-refractivity contribution is 7.13. The molecule has 22 heavy (non-hydrogen) atoms. The maximum atomic E-state index is 11.8. The van der Waals surface area contributed by atoms with Gasteiger partial charge < -0.3 is 14.8 Å². The number of amides is 1. The summed E-state index contributed by atoms with van der Waals surface area (Å²) in [5, 5.41) is 13.7. The van der Waals surface area contributed by atoms with Crippen molar-refractivity contribution in [1.29, 1.82) is 0 Å². The molecule has 0 fully saturated rings. The predicted molar refractivity (Wildman–Crippen MR) is 81.2 cm³/mol. The van der Waals surface area contributed by atoms with E-state index in [1.165, 1.54) is 23.0 Å². The molecule has 1 amide bonds. The van der Waals surface area contributed by atoms with Crippen LogP contribution in [0.15, 0.2) is 52.5 Å². The molecule has 0 saturated carbocycles. The summed E-state index contributed by atoms with van der Waals surface area (Å²) in [4.78, 5) is 26.7. The van der Waals surface area contributed by atoms with Gasteiger partial charge in [-0.15, -0.1) is 11.3 Å². The molecule has 0 saturated heterocycles. The van der Waals surface area contributed by atoms with Crippen LogP contribution in [-0.2, 0) is 0 Å². The van der Waals surface area contributed by atoms with Gasteiger partial charge in [0.2, 0.25) is 0 Å². The molecule has 1 aromatic carbocycles. The van der Waals surface area contributed by atoms with Gasteiger partial charge in [0.25, 0.3) is 5.91 Å². The van der Waals surface area contributed by atoms with E-state index in [1.54, 1.807) is 36.4 Å². The summed E-state index contributed by atoms with van der Waals surface area (Å²) in [6.45, 7) is 0. The summed E-state index contributed by atoms with van der Waals surface area (Å²) < 4.78 is 5.01. The van der Waals surface area contributed by atoms with Crippen LogP contribution in [0.1, 0.15) is 21.0 Å². The molecule has 0 aliphatic rings. The lowest BCUT2D eigenvalue weighted by atomic mass is 10.2. The van der Waals surface area contributed by atoms with Crippen LogP contribution in [0.4, 0.5) is 5.69 Å². The first kappa shape index (κ1) is 14.0. The third kappa shape index (κ3) is 2.89. The summed E-state index contributed by atoms with van der Waals surface area (Å²) in [5.74, 6) is -1.15. The second kappa shape index (κ2) is 5.82. The average Bonchev–Trinajstić information content (AvgIpc) is 3.20. The molecule has 2 heterocycles. The van der Waals surface area contributed by atoms with Gasteiger partial charge >= 0.3 is 5.97 Å². The molecular weight excluding hydrogens is 304 g/mol. The second-order valence-corrected chi connectivity index (χ2v) is 5.21. The Kier molecular flexibility index (Phi) is 3.71. The Balaban J connectivity index is 1.74. The molecule has 0 aliphatic heterocycles. The van der Waals surface area contributed by atoms with Crippen molar-refractivity contribution in [1.82, 2.24) is 4.98 Å². The van der Waals surface area contributed by atoms with Gasteiger partial charge in [-0.2, -0.15) is 0 Å². The maximum absolute atomic E-state index is 11.8. The van der Waals surface area contributed by atoms with E-state index in [0.717, 1.165) is 5.56 Å². The molecule has 110 valence electrons. The number of nitrogens with one attached hydrogen (secondary N) is 1. The van der Waals surface area contributed by atoms with E-state index in [2.05, 4.69) is 10.3 Å². The molecule has 2 N–H and O–H groups in total. The Morgan fingerprint density at radius 3 is 2.55 bits per heavy atom. The lowest BCUT2D eigenvalue weighted by Gasteiger charge is -2.03. The quantitative estimate of drug-likeness (QED) is 0.770. The van der Waals surface area contributed by atoms with E-state index in [9.17, 15) is 9.59 Å². The standard InChI is InChI=1S/C15H10N2O4S/c18-13(12-2-1-7-21-12)16-10-5-3-9(4-6-10)14-17-11(8-22-14)15(19)20/h1-8H,(H,16,18)(H,19,20). The van der Waals surface area contributed by atoms with Gasteiger partial charge in [0.1, 0.15) is 5.01 Å². The highest BCUT2D eigenvalue weighted by atomic mass is 32.1. The summed E-state index contributed by atoms with van der Waals surface area (Å²) in [7, 11) is 0. The van der Waals surface area contributed by atoms with E-state index in [-0.39, 0.29) is 17.4 Å². The number of furan rings is 1. The monoisotopic (exact) mass is 314 g/mol. The number of aromatic carboxylic acids is 1. The third-order valence-corrected chi connectivity index (χ3v) is 3.75. The maximum Gasteiger partial charge on any atom is 0.355 e. The number of hydrogen-bond acceptors (Lipinski definition) is 5. The number of carboxylic acids is 1. The fourth-order valence-corrected chi connectivity index (χ4v) is 2.60. The smallest absolute Gasteiger partial charge is 0.355 e. The van der Waals surface area contributed by atoms with E-state index in [4.69, 9.17) is 9.52 Å². The Morgan fingerprint density at radius 1 is 1.18 bits per heavy atom. The van der Waals surface area contributed by atoms with Crippen molar-refractivity contribution in [2.75, 3.05) is 5.32 Å². The number of anilines is 1. The zero-order chi connectivity index (χ0) is 15.5. The largest absolute Gasteiger partial charge is 0.476 e. The number of rotatable bonds is 4. The number of benzene rings is 1. The minimum atomic E-state index is -1.05. The van der Waals surface area contributed by atoms with Crippen molar-refractivity contribution in [3.05, 3.63) is 59.5 Å². The molecule has 7 heteroatoms. The van der Waals surface area contributed by atoms with Crippen LogP contribution in [0, 0.1) is 0 Å². The van der Waals surface area contributed by atoms with E-state index < -0.39 is 5.97 Å². The van der Waals surface area contributed by atoms with Crippen molar-refractivity contribution in [3.8, 4) is 10.6 Å². The van der Waals surface area contributed by atoms with Crippen LogP contribution < -0.4 is 5.32 Å². The van der Waals surface area contributed by atoms with Crippen molar-refractivity contribution >= 4 is 28.9 Å². The van der Waals surface area contributed by atoms with Gasteiger partial charge in [-0.3, -0.25) is 4.79 Å². The van der Waals surface area contributed by atoms with Gasteiger partial charge in [-0.1, -0.05) is 0 Å². The second-order valence-electron chi connectivity index (χ2n) is 4.35. The van der Waals surface area contributed by atoms with Crippen LogP contribution >= 0.6 is 11.3 Å². The molecule has 3 aromatic rings.